The summed E-state index contributed by atoms with van der Waals surface area (Å²) in [4.78, 5) is 4.18. The van der Waals surface area contributed by atoms with Crippen molar-refractivity contribution < 1.29 is 22.3 Å². The fourth-order valence-electron chi connectivity index (χ4n) is 3.01. The molecule has 2 aliphatic rings. The predicted molar refractivity (Wildman–Crippen MR) is 97.0 cm³/mol. The normalized spacial score (nSPS) is 19.2. The second kappa shape index (κ2) is 6.02. The van der Waals surface area contributed by atoms with Crippen molar-refractivity contribution in [3.8, 4) is 0 Å². The quantitative estimate of drug-likeness (QED) is 0.841. The highest BCUT2D eigenvalue weighted by Gasteiger charge is 2.43. The largest absolute Gasteiger partial charge is 0.505 e. The number of halogens is 2. The van der Waals surface area contributed by atoms with Crippen molar-refractivity contribution in [2.45, 2.75) is 32.1 Å². The minimum absolute atomic E-state index is 0.0907. The van der Waals surface area contributed by atoms with Crippen molar-refractivity contribution in [1.29, 1.82) is 0 Å². The monoisotopic (exact) mass is 398 g/mol. The van der Waals surface area contributed by atoms with Crippen LogP contribution in [0.25, 0.3) is 10.7 Å². The number of aryl methyl sites for hydroxylation is 1. The van der Waals surface area contributed by atoms with Gasteiger partial charge in [-0.3, -0.25) is 0 Å². The molecule has 0 amide bonds. The first-order valence-electron chi connectivity index (χ1n) is 8.12. The summed E-state index contributed by atoms with van der Waals surface area (Å²) < 4.78 is 53.1. The van der Waals surface area contributed by atoms with Gasteiger partial charge in [-0.15, -0.1) is 11.3 Å². The third-order valence-corrected chi connectivity index (χ3v) is 7.51. The molecule has 1 aromatic carbocycles. The number of alkyl halides is 2. The van der Waals surface area contributed by atoms with Gasteiger partial charge in [0.2, 0.25) is 0 Å². The molecule has 9 heteroatoms. The molecule has 0 radical (unpaired) electrons. The molecule has 2 heterocycles. The molecule has 0 saturated heterocycles. The highest BCUT2D eigenvalue weighted by Crippen LogP contribution is 2.50. The van der Waals surface area contributed by atoms with Gasteiger partial charge in [-0.05, 0) is 25.3 Å². The molecular formula is C17H16F2N2O3S2. The van der Waals surface area contributed by atoms with Gasteiger partial charge in [0.05, 0.1) is 11.6 Å². The number of benzene rings is 1. The van der Waals surface area contributed by atoms with Crippen LogP contribution in [0.1, 0.15) is 39.8 Å². The van der Waals surface area contributed by atoms with Gasteiger partial charge in [-0.2, -0.15) is 0 Å². The molecule has 0 unspecified atom stereocenters. The number of hydrogen-bond acceptors (Lipinski definition) is 5. The number of aromatic nitrogens is 1. The van der Waals surface area contributed by atoms with Crippen LogP contribution >= 0.6 is 11.3 Å². The molecular weight excluding hydrogens is 382 g/mol. The van der Waals surface area contributed by atoms with E-state index in [0.29, 0.717) is 20.4 Å². The molecule has 1 aliphatic carbocycles. The predicted octanol–water partition coefficient (Wildman–Crippen LogP) is 4.13. The number of aliphatic hydroxyl groups is 1. The van der Waals surface area contributed by atoms with Crippen molar-refractivity contribution in [2.75, 3.05) is 10.8 Å². The number of rotatable bonds is 4. The Morgan fingerprint density at radius 1 is 1.35 bits per heavy atom. The van der Waals surface area contributed by atoms with Gasteiger partial charge in [0.25, 0.3) is 16.4 Å². The maximum Gasteiger partial charge on any atom is 0.270 e. The van der Waals surface area contributed by atoms with Gasteiger partial charge >= 0.3 is 0 Å². The molecule has 2 aromatic rings. The Labute approximate surface area is 153 Å². The zero-order valence-electron chi connectivity index (χ0n) is 13.8. The fourth-order valence-corrected chi connectivity index (χ4v) is 6.06. The van der Waals surface area contributed by atoms with Crippen molar-refractivity contribution in [3.05, 3.63) is 45.3 Å². The van der Waals surface area contributed by atoms with Crippen LogP contribution in [0.5, 0.6) is 0 Å². The zero-order valence-corrected chi connectivity index (χ0v) is 15.4. The number of aliphatic hydroxyl groups excluding tert-OH is 1. The summed E-state index contributed by atoms with van der Waals surface area (Å²) in [5.74, 6) is -0.285. The summed E-state index contributed by atoms with van der Waals surface area (Å²) in [5.41, 5.74) is 0.932. The number of thiazole rings is 1. The number of fused-ring (bicyclic) bond motifs is 1. The molecule has 4 rings (SSSR count). The first kappa shape index (κ1) is 17.4. The maximum absolute atomic E-state index is 13.1. The van der Waals surface area contributed by atoms with E-state index in [-0.39, 0.29) is 21.5 Å². The highest BCUT2D eigenvalue weighted by atomic mass is 32.2. The van der Waals surface area contributed by atoms with Gasteiger partial charge in [-0.1, -0.05) is 24.3 Å². The van der Waals surface area contributed by atoms with Crippen molar-refractivity contribution in [2.24, 2.45) is 0 Å². The number of hydrogen-bond donors (Lipinski definition) is 1. The Balaban J connectivity index is 1.98. The summed E-state index contributed by atoms with van der Waals surface area (Å²) in [6.07, 6.45) is -0.992. The lowest BCUT2D eigenvalue weighted by Gasteiger charge is -2.29. The van der Waals surface area contributed by atoms with Gasteiger partial charge < -0.3 is 5.11 Å². The summed E-state index contributed by atoms with van der Waals surface area (Å²) in [6.45, 7) is 0.715. The lowest BCUT2D eigenvalue weighted by Crippen LogP contribution is -2.38. The molecule has 1 aliphatic heterocycles. The maximum atomic E-state index is 13.1. The van der Waals surface area contributed by atoms with Crippen LogP contribution in [0, 0.1) is 6.92 Å². The van der Waals surface area contributed by atoms with E-state index in [1.54, 1.807) is 31.2 Å². The highest BCUT2D eigenvalue weighted by molar-refractivity contribution is 8.02. The van der Waals surface area contributed by atoms with E-state index in [2.05, 4.69) is 4.98 Å². The minimum atomic E-state index is -4.36. The number of anilines is 1. The second-order valence-corrected chi connectivity index (χ2v) is 9.23. The van der Waals surface area contributed by atoms with Crippen LogP contribution in [-0.2, 0) is 10.0 Å². The standard InChI is InChI=1S/C17H16F2N2O3S2/c1-9-4-2-3-5-11(9)15-13(22)14-16(20-17(25-14)10-6-7-10)21(8-12(18)19)26(15,23)24/h2-5,10,12,22H,6-8H2,1H3. The Morgan fingerprint density at radius 3 is 2.65 bits per heavy atom. The smallest absolute Gasteiger partial charge is 0.270 e. The number of sulfonamides is 1. The Bertz CT molecular complexity index is 1010. The third kappa shape index (κ3) is 2.69. The summed E-state index contributed by atoms with van der Waals surface area (Å²) in [7, 11) is -4.36. The topological polar surface area (TPSA) is 70.5 Å². The third-order valence-electron chi connectivity index (χ3n) is 4.46. The molecule has 0 bridgehead atoms. The molecule has 0 spiro atoms. The Kier molecular flexibility index (Phi) is 4.03. The zero-order chi connectivity index (χ0) is 18.6. The minimum Gasteiger partial charge on any atom is -0.505 e. The molecule has 138 valence electrons. The van der Waals surface area contributed by atoms with E-state index in [4.69, 9.17) is 0 Å². The van der Waals surface area contributed by atoms with E-state index in [9.17, 15) is 22.3 Å². The van der Waals surface area contributed by atoms with E-state index in [1.165, 1.54) is 11.3 Å². The average molecular weight is 398 g/mol. The van der Waals surface area contributed by atoms with Crippen LogP contribution < -0.4 is 4.31 Å². The fraction of sp³-hybridized carbons (Fsp3) is 0.353. The molecule has 0 atom stereocenters. The molecule has 1 N–H and O–H groups in total. The van der Waals surface area contributed by atoms with Crippen LogP contribution in [0.2, 0.25) is 0 Å². The molecule has 1 saturated carbocycles. The van der Waals surface area contributed by atoms with Gasteiger partial charge in [0.1, 0.15) is 9.78 Å². The van der Waals surface area contributed by atoms with E-state index in [0.717, 1.165) is 12.8 Å². The van der Waals surface area contributed by atoms with E-state index >= 15 is 0 Å². The van der Waals surface area contributed by atoms with Crippen LogP contribution in [-0.4, -0.2) is 31.5 Å². The Morgan fingerprint density at radius 2 is 2.04 bits per heavy atom. The second-order valence-electron chi connectivity index (χ2n) is 6.40. The first-order valence-corrected chi connectivity index (χ1v) is 10.4. The van der Waals surface area contributed by atoms with Gasteiger partial charge in [0.15, 0.2) is 11.6 Å². The first-order chi connectivity index (χ1) is 12.3. The van der Waals surface area contributed by atoms with Gasteiger partial charge in [-0.25, -0.2) is 26.5 Å². The van der Waals surface area contributed by atoms with Crippen LogP contribution in [0.4, 0.5) is 14.6 Å². The summed E-state index contributed by atoms with van der Waals surface area (Å²) >= 11 is 1.18. The van der Waals surface area contributed by atoms with Gasteiger partial charge in [0, 0.05) is 11.5 Å². The lowest BCUT2D eigenvalue weighted by molar-refractivity contribution is 0.159. The van der Waals surface area contributed by atoms with E-state index in [1.807, 2.05) is 0 Å². The van der Waals surface area contributed by atoms with Crippen LogP contribution in [0.3, 0.4) is 0 Å². The van der Waals surface area contributed by atoms with E-state index < -0.39 is 28.8 Å². The molecule has 1 aromatic heterocycles. The van der Waals surface area contributed by atoms with Crippen molar-refractivity contribution in [1.82, 2.24) is 4.98 Å². The average Bonchev–Trinajstić information content (AvgIpc) is 3.32. The molecule has 1 fully saturated rings. The van der Waals surface area contributed by atoms with Crippen LogP contribution in [0.15, 0.2) is 24.3 Å². The summed E-state index contributed by atoms with van der Waals surface area (Å²) in [6, 6.07) is 6.66. The van der Waals surface area contributed by atoms with Crippen molar-refractivity contribution in [3.63, 3.8) is 0 Å². The summed E-state index contributed by atoms with van der Waals surface area (Å²) in [5, 5.41) is 11.4. The lowest BCUT2D eigenvalue weighted by atomic mass is 10.1. The molecule has 26 heavy (non-hydrogen) atoms. The van der Waals surface area contributed by atoms with Crippen molar-refractivity contribution >= 4 is 37.8 Å². The number of nitrogens with zero attached hydrogens (tertiary/aromatic N) is 2. The SMILES string of the molecule is Cc1ccccc1C1=C(O)c2sc(C3CC3)nc2N(CC(F)F)S1(=O)=O. The Hall–Kier alpha value is -2.00. The molecule has 5 nitrogen and oxygen atoms in total.